The van der Waals surface area contributed by atoms with E-state index < -0.39 is 5.92 Å². The van der Waals surface area contributed by atoms with Crippen molar-refractivity contribution in [3.8, 4) is 56.4 Å². The Balaban J connectivity index is 0.00000142. The lowest BCUT2D eigenvalue weighted by Gasteiger charge is -2.26. The minimum Gasteiger partial charge on any atom is -0.491 e. The van der Waals surface area contributed by atoms with Crippen LogP contribution in [0.1, 0.15) is 56.7 Å². The Labute approximate surface area is 343 Å². The second-order valence-electron chi connectivity index (χ2n) is 13.0. The predicted molar refractivity (Wildman–Crippen MR) is 234 cm³/mol. The molecule has 0 radical (unpaired) electrons. The Kier molecular flexibility index (Phi) is 19.3. The van der Waals surface area contributed by atoms with Gasteiger partial charge in [-0.25, -0.2) is 0 Å². The van der Waals surface area contributed by atoms with E-state index in [1.807, 2.05) is 105 Å². The summed E-state index contributed by atoms with van der Waals surface area (Å²) in [7, 11) is 0. The fourth-order valence-corrected chi connectivity index (χ4v) is 6.32. The molecule has 6 aromatic rings. The maximum absolute atomic E-state index is 9.80. The van der Waals surface area contributed by atoms with Crippen molar-refractivity contribution in [1.29, 1.82) is 0 Å². The first-order valence-electron chi connectivity index (χ1n) is 20.1. The van der Waals surface area contributed by atoms with Crippen LogP contribution in [0, 0.1) is 0 Å². The van der Waals surface area contributed by atoms with Crippen LogP contribution in [0.3, 0.4) is 0 Å². The van der Waals surface area contributed by atoms with Crippen molar-refractivity contribution in [2.24, 2.45) is 0 Å². The first kappa shape index (κ1) is 45.1. The topological polar surface area (TPSA) is 118 Å². The molecule has 4 N–H and O–H groups in total. The summed E-state index contributed by atoms with van der Waals surface area (Å²) in [6.07, 6.45) is 1.25. The third-order valence-corrected chi connectivity index (χ3v) is 8.79. The molecule has 0 aliphatic rings. The van der Waals surface area contributed by atoms with Gasteiger partial charge in [-0.3, -0.25) is 0 Å². The standard InChI is InChI=1S/C45H44O8.C3H8.C2H6/c46-22-26-50-39-16-10-34(11-17-39)37-14-20-43(52-28-24-48)41(30-37)45(36-8-6-33(7-9-36)32-4-2-1-3-5-32)42-31-38(15-21-44(42)53-29-25-49)35-12-18-40(19-13-35)51-27-23-47;1-3-2;1-2/h1-21,30-31,45-49H,22-29H2;3H2,1-2H3;1-2H3. The molecule has 0 heterocycles. The van der Waals surface area contributed by atoms with E-state index in [4.69, 9.17) is 18.9 Å². The Morgan fingerprint density at radius 3 is 1.12 bits per heavy atom. The zero-order valence-electron chi connectivity index (χ0n) is 34.1. The van der Waals surface area contributed by atoms with Crippen molar-refractivity contribution in [2.45, 2.75) is 40.0 Å². The molecule has 0 fully saturated rings. The van der Waals surface area contributed by atoms with Gasteiger partial charge in [0.05, 0.1) is 26.4 Å². The molecule has 0 unspecified atom stereocenters. The molecule has 0 aliphatic heterocycles. The fraction of sp³-hybridized carbons (Fsp3) is 0.280. The number of benzene rings is 6. The number of aliphatic hydroxyl groups is 4. The summed E-state index contributed by atoms with van der Waals surface area (Å²) in [5.74, 6) is 2.16. The number of ether oxygens (including phenoxy) is 4. The minimum atomic E-state index is -0.401. The summed E-state index contributed by atoms with van der Waals surface area (Å²) >= 11 is 0. The van der Waals surface area contributed by atoms with E-state index >= 15 is 0 Å². The van der Waals surface area contributed by atoms with Gasteiger partial charge in [-0.1, -0.05) is 125 Å². The summed E-state index contributed by atoms with van der Waals surface area (Å²) in [4.78, 5) is 0. The van der Waals surface area contributed by atoms with Gasteiger partial charge in [-0.2, -0.15) is 0 Å². The van der Waals surface area contributed by atoms with Gasteiger partial charge in [0.1, 0.15) is 49.4 Å². The quantitative estimate of drug-likeness (QED) is 0.0637. The van der Waals surface area contributed by atoms with Crippen LogP contribution >= 0.6 is 0 Å². The highest BCUT2D eigenvalue weighted by Crippen LogP contribution is 2.45. The zero-order chi connectivity index (χ0) is 41.5. The number of hydrogen-bond acceptors (Lipinski definition) is 8. The van der Waals surface area contributed by atoms with Crippen LogP contribution in [-0.2, 0) is 0 Å². The second-order valence-corrected chi connectivity index (χ2v) is 13.0. The SMILES string of the molecule is CC.CCC.OCCOc1ccc(-c2ccc(OCCO)c(C(c3ccc(-c4ccccc4)cc3)c3cc(-c4ccc(OCCO)cc4)ccc3OCCO)c2)cc1. The molecule has 0 bridgehead atoms. The van der Waals surface area contributed by atoms with E-state index in [9.17, 15) is 20.4 Å². The van der Waals surface area contributed by atoms with Crippen molar-refractivity contribution in [3.63, 3.8) is 0 Å². The third-order valence-electron chi connectivity index (χ3n) is 8.79. The first-order chi connectivity index (χ1) is 28.5. The minimum absolute atomic E-state index is 0.0658. The Bertz CT molecular complexity index is 1920. The van der Waals surface area contributed by atoms with Crippen LogP contribution in [0.4, 0.5) is 0 Å². The van der Waals surface area contributed by atoms with E-state index in [0.29, 0.717) is 23.0 Å². The summed E-state index contributed by atoms with van der Waals surface area (Å²) in [5.41, 5.74) is 8.72. The van der Waals surface area contributed by atoms with E-state index in [0.717, 1.165) is 50.1 Å². The molecule has 8 heteroatoms. The molecule has 0 saturated carbocycles. The molecular formula is C50H58O8. The van der Waals surface area contributed by atoms with Gasteiger partial charge in [0.2, 0.25) is 0 Å². The molecule has 8 nitrogen and oxygen atoms in total. The molecule has 0 saturated heterocycles. The molecule has 0 aromatic heterocycles. The summed E-state index contributed by atoms with van der Waals surface area (Å²) in [5, 5.41) is 38.0. The Morgan fingerprint density at radius 2 is 0.724 bits per heavy atom. The van der Waals surface area contributed by atoms with Crippen molar-refractivity contribution >= 4 is 0 Å². The average Bonchev–Trinajstić information content (AvgIpc) is 3.28. The van der Waals surface area contributed by atoms with Gasteiger partial charge in [-0.15, -0.1) is 0 Å². The van der Waals surface area contributed by atoms with Crippen molar-refractivity contribution in [1.82, 2.24) is 0 Å². The molecule has 58 heavy (non-hydrogen) atoms. The molecule has 0 aliphatic carbocycles. The van der Waals surface area contributed by atoms with Gasteiger partial charge >= 0.3 is 0 Å². The van der Waals surface area contributed by atoms with Crippen molar-refractivity contribution in [2.75, 3.05) is 52.9 Å². The lowest BCUT2D eigenvalue weighted by molar-refractivity contribution is 0.198. The fourth-order valence-electron chi connectivity index (χ4n) is 6.32. The van der Waals surface area contributed by atoms with Crippen LogP contribution < -0.4 is 18.9 Å². The lowest BCUT2D eigenvalue weighted by Crippen LogP contribution is -2.12. The normalized spacial score (nSPS) is 10.5. The molecule has 6 aromatic carbocycles. The zero-order valence-corrected chi connectivity index (χ0v) is 34.1. The number of hydrogen-bond donors (Lipinski definition) is 4. The maximum atomic E-state index is 9.80. The second kappa shape index (κ2) is 24.9. The highest BCUT2D eigenvalue weighted by Gasteiger charge is 2.26. The lowest BCUT2D eigenvalue weighted by atomic mass is 9.81. The monoisotopic (exact) mass is 786 g/mol. The highest BCUT2D eigenvalue weighted by atomic mass is 16.5. The maximum Gasteiger partial charge on any atom is 0.123 e. The van der Waals surface area contributed by atoms with Crippen LogP contribution in [0.15, 0.2) is 140 Å². The van der Waals surface area contributed by atoms with Gasteiger partial charge < -0.3 is 39.4 Å². The predicted octanol–water partition coefficient (Wildman–Crippen LogP) is 9.79. The third kappa shape index (κ3) is 12.7. The molecule has 6 rings (SSSR count). The first-order valence-corrected chi connectivity index (χ1v) is 20.1. The molecule has 0 atom stereocenters. The molecule has 0 spiro atoms. The molecule has 306 valence electrons. The number of aliphatic hydroxyl groups excluding tert-OH is 4. The smallest absolute Gasteiger partial charge is 0.123 e. The molecule has 0 amide bonds. The highest BCUT2D eigenvalue weighted by molar-refractivity contribution is 5.72. The van der Waals surface area contributed by atoms with E-state index in [1.165, 1.54) is 6.42 Å². The average molecular weight is 787 g/mol. The summed E-state index contributed by atoms with van der Waals surface area (Å²) < 4.78 is 23.7. The van der Waals surface area contributed by atoms with Gasteiger partial charge in [0.25, 0.3) is 0 Å². The van der Waals surface area contributed by atoms with Crippen LogP contribution in [-0.4, -0.2) is 73.3 Å². The van der Waals surface area contributed by atoms with E-state index in [-0.39, 0.29) is 52.9 Å². The number of rotatable bonds is 18. The van der Waals surface area contributed by atoms with Gasteiger partial charge in [-0.05, 0) is 87.5 Å². The van der Waals surface area contributed by atoms with Crippen LogP contribution in [0.2, 0.25) is 0 Å². The van der Waals surface area contributed by atoms with Crippen molar-refractivity contribution < 1.29 is 39.4 Å². The van der Waals surface area contributed by atoms with Crippen molar-refractivity contribution in [3.05, 3.63) is 156 Å². The summed E-state index contributed by atoms with van der Waals surface area (Å²) in [6, 6.07) is 46.2. The van der Waals surface area contributed by atoms with Crippen LogP contribution in [0.5, 0.6) is 23.0 Å². The van der Waals surface area contributed by atoms with E-state index in [2.05, 4.69) is 62.4 Å². The largest absolute Gasteiger partial charge is 0.491 e. The van der Waals surface area contributed by atoms with Gasteiger partial charge in [0.15, 0.2) is 0 Å². The van der Waals surface area contributed by atoms with E-state index in [1.54, 1.807) is 0 Å². The summed E-state index contributed by atoms with van der Waals surface area (Å²) in [6.45, 7) is 8.48. The van der Waals surface area contributed by atoms with Gasteiger partial charge in [0, 0.05) is 17.0 Å². The Morgan fingerprint density at radius 1 is 0.397 bits per heavy atom. The molecular weight excluding hydrogens is 729 g/mol. The Hall–Kier alpha value is -5.64. The van der Waals surface area contributed by atoms with Crippen LogP contribution in [0.25, 0.3) is 33.4 Å².